The molecule has 1 rings (SSSR count). The Bertz CT molecular complexity index is 415. The van der Waals surface area contributed by atoms with Crippen LogP contribution in [0.4, 0.5) is 0 Å². The molecule has 1 aromatic rings. The van der Waals surface area contributed by atoms with E-state index in [0.29, 0.717) is 25.6 Å². The summed E-state index contributed by atoms with van der Waals surface area (Å²) in [6.07, 6.45) is 0.494. The third kappa shape index (κ3) is 7.50. The van der Waals surface area contributed by atoms with Gasteiger partial charge in [-0.15, -0.1) is 0 Å². The van der Waals surface area contributed by atoms with Gasteiger partial charge in [0.15, 0.2) is 0 Å². The zero-order valence-electron chi connectivity index (χ0n) is 11.7. The Labute approximate surface area is 115 Å². The van der Waals surface area contributed by atoms with Gasteiger partial charge in [0.25, 0.3) is 0 Å². The van der Waals surface area contributed by atoms with Crippen LogP contribution in [-0.4, -0.2) is 31.5 Å². The molecule has 3 heteroatoms. The van der Waals surface area contributed by atoms with Gasteiger partial charge in [0.1, 0.15) is 12.4 Å². The molecule has 0 aromatic heterocycles. The summed E-state index contributed by atoms with van der Waals surface area (Å²) in [6.45, 7) is 6.23. The fourth-order valence-electron chi connectivity index (χ4n) is 1.42. The zero-order chi connectivity index (χ0) is 13.9. The standard InChI is InChI=1S/C16H22O3/c1-14(2)13-18-10-11-19-16-8-5-7-15(12-16)6-3-4-9-17/h5,7-8,12,14,17H,4,9-11,13H2,1-2H3. The average Bonchev–Trinajstić information content (AvgIpc) is 2.39. The Hall–Kier alpha value is -1.50. The van der Waals surface area contributed by atoms with Crippen LogP contribution in [0.3, 0.4) is 0 Å². The third-order valence-corrected chi connectivity index (χ3v) is 2.25. The van der Waals surface area contributed by atoms with Crippen LogP contribution in [0.15, 0.2) is 24.3 Å². The molecule has 0 unspecified atom stereocenters. The van der Waals surface area contributed by atoms with Crippen molar-refractivity contribution in [1.82, 2.24) is 0 Å². The highest BCUT2D eigenvalue weighted by atomic mass is 16.5. The molecular weight excluding hydrogens is 240 g/mol. The second-order valence-electron chi connectivity index (χ2n) is 4.62. The molecule has 3 nitrogen and oxygen atoms in total. The Morgan fingerprint density at radius 3 is 2.84 bits per heavy atom. The summed E-state index contributed by atoms with van der Waals surface area (Å²) >= 11 is 0. The van der Waals surface area contributed by atoms with Gasteiger partial charge in [-0.2, -0.15) is 0 Å². The molecule has 19 heavy (non-hydrogen) atoms. The summed E-state index contributed by atoms with van der Waals surface area (Å²) in [4.78, 5) is 0. The minimum Gasteiger partial charge on any atom is -0.491 e. The van der Waals surface area contributed by atoms with E-state index in [1.807, 2.05) is 24.3 Å². The van der Waals surface area contributed by atoms with E-state index < -0.39 is 0 Å². The van der Waals surface area contributed by atoms with Crippen LogP contribution in [0.2, 0.25) is 0 Å². The van der Waals surface area contributed by atoms with Gasteiger partial charge in [-0.1, -0.05) is 31.8 Å². The van der Waals surface area contributed by atoms with E-state index in [4.69, 9.17) is 14.6 Å². The molecule has 1 N–H and O–H groups in total. The molecule has 0 amide bonds. The first kappa shape index (κ1) is 15.6. The van der Waals surface area contributed by atoms with Crippen LogP contribution in [0, 0.1) is 17.8 Å². The summed E-state index contributed by atoms with van der Waals surface area (Å²) < 4.78 is 11.0. The van der Waals surface area contributed by atoms with Gasteiger partial charge in [0.05, 0.1) is 13.2 Å². The van der Waals surface area contributed by atoms with Gasteiger partial charge in [-0.3, -0.25) is 0 Å². The largest absolute Gasteiger partial charge is 0.491 e. The second kappa shape index (κ2) is 9.43. The van der Waals surface area contributed by atoms with E-state index in [0.717, 1.165) is 17.9 Å². The molecule has 0 saturated carbocycles. The van der Waals surface area contributed by atoms with Crippen molar-refractivity contribution in [3.8, 4) is 17.6 Å². The van der Waals surface area contributed by atoms with Gasteiger partial charge < -0.3 is 14.6 Å². The fourth-order valence-corrected chi connectivity index (χ4v) is 1.42. The molecule has 0 bridgehead atoms. The van der Waals surface area contributed by atoms with Crippen molar-refractivity contribution in [2.24, 2.45) is 5.92 Å². The smallest absolute Gasteiger partial charge is 0.120 e. The van der Waals surface area contributed by atoms with Crippen LogP contribution in [0.1, 0.15) is 25.8 Å². The maximum Gasteiger partial charge on any atom is 0.120 e. The van der Waals surface area contributed by atoms with E-state index in [1.165, 1.54) is 0 Å². The van der Waals surface area contributed by atoms with Crippen LogP contribution in [-0.2, 0) is 4.74 Å². The molecule has 0 aliphatic heterocycles. The van der Waals surface area contributed by atoms with Gasteiger partial charge >= 0.3 is 0 Å². The number of benzene rings is 1. The molecule has 104 valence electrons. The first-order chi connectivity index (χ1) is 9.22. The van der Waals surface area contributed by atoms with Crippen molar-refractivity contribution in [3.05, 3.63) is 29.8 Å². The molecule has 0 spiro atoms. The minimum absolute atomic E-state index is 0.0936. The van der Waals surface area contributed by atoms with E-state index in [2.05, 4.69) is 25.7 Å². The Morgan fingerprint density at radius 2 is 2.11 bits per heavy atom. The zero-order valence-corrected chi connectivity index (χ0v) is 11.7. The van der Waals surface area contributed by atoms with Crippen LogP contribution in [0.5, 0.6) is 5.75 Å². The molecule has 0 heterocycles. The van der Waals surface area contributed by atoms with Gasteiger partial charge in [-0.25, -0.2) is 0 Å². The van der Waals surface area contributed by atoms with Crippen molar-refractivity contribution < 1.29 is 14.6 Å². The molecular formula is C16H22O3. The van der Waals surface area contributed by atoms with Crippen LogP contribution >= 0.6 is 0 Å². The van der Waals surface area contributed by atoms with Gasteiger partial charge in [-0.05, 0) is 24.1 Å². The maximum absolute atomic E-state index is 8.66. The highest BCUT2D eigenvalue weighted by molar-refractivity contribution is 5.39. The lowest BCUT2D eigenvalue weighted by Gasteiger charge is -2.08. The first-order valence-corrected chi connectivity index (χ1v) is 6.62. The van der Waals surface area contributed by atoms with Crippen molar-refractivity contribution in [3.63, 3.8) is 0 Å². The quantitative estimate of drug-likeness (QED) is 0.606. The predicted molar refractivity (Wildman–Crippen MR) is 76.2 cm³/mol. The molecule has 1 aromatic carbocycles. The maximum atomic E-state index is 8.66. The molecule has 0 atom stereocenters. The molecule has 0 aliphatic carbocycles. The SMILES string of the molecule is CC(C)COCCOc1cccc(C#CCCO)c1. The Kier molecular flexibility index (Phi) is 7.72. The summed E-state index contributed by atoms with van der Waals surface area (Å²) in [5, 5.41) is 8.66. The third-order valence-electron chi connectivity index (χ3n) is 2.25. The lowest BCUT2D eigenvalue weighted by molar-refractivity contribution is 0.0819. The molecule has 0 radical (unpaired) electrons. The topological polar surface area (TPSA) is 38.7 Å². The normalized spacial score (nSPS) is 10.1. The molecule has 0 fully saturated rings. The van der Waals surface area contributed by atoms with Gasteiger partial charge in [0.2, 0.25) is 0 Å². The first-order valence-electron chi connectivity index (χ1n) is 6.62. The number of aliphatic hydroxyl groups excluding tert-OH is 1. The minimum atomic E-state index is 0.0936. The number of rotatable bonds is 7. The summed E-state index contributed by atoms with van der Waals surface area (Å²) in [5.41, 5.74) is 0.897. The Morgan fingerprint density at radius 1 is 1.26 bits per heavy atom. The van der Waals surface area contributed by atoms with Gasteiger partial charge in [0, 0.05) is 18.6 Å². The van der Waals surface area contributed by atoms with Crippen molar-refractivity contribution in [2.75, 3.05) is 26.4 Å². The van der Waals surface area contributed by atoms with Crippen molar-refractivity contribution >= 4 is 0 Å². The second-order valence-corrected chi connectivity index (χ2v) is 4.62. The number of ether oxygens (including phenoxy) is 2. The highest BCUT2D eigenvalue weighted by Gasteiger charge is 1.96. The lowest BCUT2D eigenvalue weighted by atomic mass is 10.2. The summed E-state index contributed by atoms with van der Waals surface area (Å²) in [5.74, 6) is 7.21. The van der Waals surface area contributed by atoms with E-state index >= 15 is 0 Å². The van der Waals surface area contributed by atoms with E-state index in [9.17, 15) is 0 Å². The monoisotopic (exact) mass is 262 g/mol. The van der Waals surface area contributed by atoms with Crippen LogP contribution in [0.25, 0.3) is 0 Å². The highest BCUT2D eigenvalue weighted by Crippen LogP contribution is 2.12. The van der Waals surface area contributed by atoms with Crippen molar-refractivity contribution in [2.45, 2.75) is 20.3 Å². The number of hydrogen-bond acceptors (Lipinski definition) is 3. The number of aliphatic hydroxyl groups is 1. The Balaban J connectivity index is 2.34. The summed E-state index contributed by atoms with van der Waals surface area (Å²) in [7, 11) is 0. The fraction of sp³-hybridized carbons (Fsp3) is 0.500. The molecule has 0 aliphatic rings. The van der Waals surface area contributed by atoms with E-state index in [1.54, 1.807) is 0 Å². The predicted octanol–water partition coefficient (Wildman–Crippen LogP) is 2.47. The average molecular weight is 262 g/mol. The van der Waals surface area contributed by atoms with Crippen LogP contribution < -0.4 is 4.74 Å². The summed E-state index contributed by atoms with van der Waals surface area (Å²) in [6, 6.07) is 7.63. The molecule has 0 saturated heterocycles. The van der Waals surface area contributed by atoms with E-state index in [-0.39, 0.29) is 6.61 Å². The van der Waals surface area contributed by atoms with Crippen molar-refractivity contribution in [1.29, 1.82) is 0 Å². The number of hydrogen-bond donors (Lipinski definition) is 1. The lowest BCUT2D eigenvalue weighted by Crippen LogP contribution is -2.10.